The Morgan fingerprint density at radius 3 is 2.33 bits per heavy atom. The van der Waals surface area contributed by atoms with Crippen LogP contribution in [0.15, 0.2) is 71.4 Å². The molecule has 0 saturated heterocycles. The van der Waals surface area contributed by atoms with Gasteiger partial charge < -0.3 is 20.3 Å². The zero-order valence-electron chi connectivity index (χ0n) is 15.9. The van der Waals surface area contributed by atoms with Crippen molar-refractivity contribution in [2.75, 3.05) is 5.32 Å². The van der Waals surface area contributed by atoms with Crippen LogP contribution < -0.4 is 5.32 Å². The summed E-state index contributed by atoms with van der Waals surface area (Å²) in [6, 6.07) is 13.0. The van der Waals surface area contributed by atoms with Crippen LogP contribution in [0, 0.1) is 0 Å². The zero-order valence-corrected chi connectivity index (χ0v) is 17.4. The molecule has 30 heavy (non-hydrogen) atoms. The number of hydrogen-bond donors (Lipinski definition) is 3. The van der Waals surface area contributed by atoms with E-state index >= 15 is 0 Å². The van der Waals surface area contributed by atoms with E-state index in [0.29, 0.717) is 22.0 Å². The van der Waals surface area contributed by atoms with Gasteiger partial charge in [-0.2, -0.15) is 0 Å². The van der Waals surface area contributed by atoms with Gasteiger partial charge >= 0.3 is 11.9 Å². The number of hydrogen-bond acceptors (Lipinski definition) is 4. The van der Waals surface area contributed by atoms with Gasteiger partial charge in [-0.25, -0.2) is 9.59 Å². The molecule has 8 heteroatoms. The lowest BCUT2D eigenvalue weighted by atomic mass is 9.93. The number of rotatable bonds is 7. The Hall–Kier alpha value is -2.80. The Kier molecular flexibility index (Phi) is 6.51. The lowest BCUT2D eigenvalue weighted by molar-refractivity contribution is 0.0520. The first kappa shape index (κ1) is 21.9. The molecule has 2 atom stereocenters. The van der Waals surface area contributed by atoms with Crippen LogP contribution in [0.2, 0.25) is 0 Å². The molecule has 0 bridgehead atoms. The second-order valence-corrected chi connectivity index (χ2v) is 8.02. The maximum absolute atomic E-state index is 11.5. The SMILES string of the molecule is CC1(Cl)C(Nc2ccccc2C(=O)O)=C(Cl)C=CC1OCc1ccccc1C(=O)O. The topological polar surface area (TPSA) is 95.9 Å². The molecule has 0 radical (unpaired) electrons. The minimum Gasteiger partial charge on any atom is -0.478 e. The van der Waals surface area contributed by atoms with Crippen LogP contribution in [0.5, 0.6) is 0 Å². The van der Waals surface area contributed by atoms with Gasteiger partial charge in [-0.1, -0.05) is 48.0 Å². The maximum atomic E-state index is 11.5. The van der Waals surface area contributed by atoms with E-state index in [4.69, 9.17) is 27.9 Å². The summed E-state index contributed by atoms with van der Waals surface area (Å²) in [6.07, 6.45) is 2.65. The first-order chi connectivity index (χ1) is 14.2. The van der Waals surface area contributed by atoms with Crippen LogP contribution in [0.4, 0.5) is 5.69 Å². The number of carboxylic acids is 2. The highest BCUT2D eigenvalue weighted by atomic mass is 35.5. The summed E-state index contributed by atoms with van der Waals surface area (Å²) >= 11 is 13.2. The van der Waals surface area contributed by atoms with Gasteiger partial charge in [0.2, 0.25) is 0 Å². The van der Waals surface area contributed by atoms with Crippen LogP contribution in [0.3, 0.4) is 0 Å². The molecule has 156 valence electrons. The van der Waals surface area contributed by atoms with Crippen molar-refractivity contribution in [2.24, 2.45) is 0 Å². The number of carboxylic acid groups (broad SMARTS) is 2. The minimum atomic E-state index is -1.16. The number of benzene rings is 2. The number of carbonyl (C=O) groups is 2. The van der Waals surface area contributed by atoms with E-state index in [-0.39, 0.29) is 17.7 Å². The van der Waals surface area contributed by atoms with Crippen molar-refractivity contribution >= 4 is 40.8 Å². The fraction of sp³-hybridized carbons (Fsp3) is 0.182. The van der Waals surface area contributed by atoms with E-state index in [1.807, 2.05) is 0 Å². The van der Waals surface area contributed by atoms with Crippen LogP contribution in [0.1, 0.15) is 33.2 Å². The average molecular weight is 448 g/mol. The van der Waals surface area contributed by atoms with E-state index in [1.165, 1.54) is 12.1 Å². The summed E-state index contributed by atoms with van der Waals surface area (Å²) in [6.45, 7) is 1.72. The van der Waals surface area contributed by atoms with E-state index in [0.717, 1.165) is 0 Å². The Morgan fingerprint density at radius 1 is 1.07 bits per heavy atom. The predicted molar refractivity (Wildman–Crippen MR) is 115 cm³/mol. The van der Waals surface area contributed by atoms with Crippen molar-refractivity contribution in [3.63, 3.8) is 0 Å². The molecule has 0 aromatic heterocycles. The molecule has 2 aromatic carbocycles. The minimum absolute atomic E-state index is 0.0242. The van der Waals surface area contributed by atoms with Crippen LogP contribution in [-0.4, -0.2) is 33.1 Å². The second-order valence-electron chi connectivity index (χ2n) is 6.83. The molecule has 1 aliphatic carbocycles. The molecule has 0 fully saturated rings. The van der Waals surface area contributed by atoms with Crippen molar-refractivity contribution < 1.29 is 24.5 Å². The highest BCUT2D eigenvalue weighted by Crippen LogP contribution is 2.39. The fourth-order valence-electron chi connectivity index (χ4n) is 3.15. The average Bonchev–Trinajstić information content (AvgIpc) is 2.70. The van der Waals surface area contributed by atoms with Crippen LogP contribution >= 0.6 is 23.2 Å². The molecule has 0 aliphatic heterocycles. The molecule has 0 spiro atoms. The van der Waals surface area contributed by atoms with E-state index in [2.05, 4.69) is 5.32 Å². The van der Waals surface area contributed by atoms with Gasteiger partial charge in [0.15, 0.2) is 0 Å². The number of ether oxygens (including phenoxy) is 1. The third-order valence-corrected chi connectivity index (χ3v) is 5.48. The van der Waals surface area contributed by atoms with Crippen LogP contribution in [-0.2, 0) is 11.3 Å². The number of anilines is 1. The van der Waals surface area contributed by atoms with Gasteiger partial charge in [0.25, 0.3) is 0 Å². The molecule has 2 aromatic rings. The quantitative estimate of drug-likeness (QED) is 0.511. The third-order valence-electron chi connectivity index (χ3n) is 4.76. The van der Waals surface area contributed by atoms with Gasteiger partial charge in [0.1, 0.15) is 11.0 Å². The number of para-hydroxylation sites is 1. The Balaban J connectivity index is 1.84. The predicted octanol–water partition coefficient (Wildman–Crippen LogP) is 5.10. The molecule has 2 unspecified atom stereocenters. The number of alkyl halides is 1. The summed E-state index contributed by atoms with van der Waals surface area (Å²) in [4.78, 5) is 21.8. The lowest BCUT2D eigenvalue weighted by Gasteiger charge is -2.36. The molecule has 0 heterocycles. The van der Waals surface area contributed by atoms with Crippen molar-refractivity contribution in [1.29, 1.82) is 0 Å². The summed E-state index contributed by atoms with van der Waals surface area (Å²) in [5.74, 6) is -2.13. The van der Waals surface area contributed by atoms with E-state index in [9.17, 15) is 19.8 Å². The molecular formula is C22H19Cl2NO5. The highest BCUT2D eigenvalue weighted by molar-refractivity contribution is 6.34. The fourth-order valence-corrected chi connectivity index (χ4v) is 3.80. The zero-order chi connectivity index (χ0) is 21.9. The van der Waals surface area contributed by atoms with Crippen molar-refractivity contribution in [3.8, 4) is 0 Å². The Labute approximate surface area is 183 Å². The van der Waals surface area contributed by atoms with Gasteiger partial charge in [-0.05, 0) is 36.8 Å². The molecule has 0 amide bonds. The number of halogens is 2. The first-order valence-electron chi connectivity index (χ1n) is 9.01. The second kappa shape index (κ2) is 8.92. The molecule has 3 N–H and O–H groups in total. The van der Waals surface area contributed by atoms with Crippen LogP contribution in [0.25, 0.3) is 0 Å². The number of aromatic carboxylic acids is 2. The van der Waals surface area contributed by atoms with Crippen molar-refractivity contribution in [2.45, 2.75) is 24.5 Å². The first-order valence-corrected chi connectivity index (χ1v) is 9.77. The molecule has 6 nitrogen and oxygen atoms in total. The largest absolute Gasteiger partial charge is 0.478 e. The summed E-state index contributed by atoms with van der Waals surface area (Å²) in [5.41, 5.74) is 1.46. The standard InChI is InChI=1S/C22H19Cl2NO5/c1-22(24)18(30-12-13-6-2-3-7-14(13)20(26)27)11-10-16(23)19(22)25-17-9-5-4-8-15(17)21(28)29/h2-11,18,25H,12H2,1H3,(H,26,27)(H,28,29). The summed E-state index contributed by atoms with van der Waals surface area (Å²) < 4.78 is 5.94. The summed E-state index contributed by atoms with van der Waals surface area (Å²) in [7, 11) is 0. The van der Waals surface area contributed by atoms with E-state index in [1.54, 1.807) is 55.5 Å². The summed E-state index contributed by atoms with van der Waals surface area (Å²) in [5, 5.41) is 22.1. The Bertz CT molecular complexity index is 1050. The number of allylic oxidation sites excluding steroid dienone is 2. The number of nitrogens with one attached hydrogen (secondary N) is 1. The lowest BCUT2D eigenvalue weighted by Crippen LogP contribution is -2.41. The van der Waals surface area contributed by atoms with Gasteiger partial charge in [0, 0.05) is 0 Å². The molecular weight excluding hydrogens is 429 g/mol. The smallest absolute Gasteiger partial charge is 0.337 e. The Morgan fingerprint density at radius 2 is 1.67 bits per heavy atom. The van der Waals surface area contributed by atoms with Gasteiger partial charge in [0.05, 0.1) is 34.2 Å². The monoisotopic (exact) mass is 447 g/mol. The molecule has 1 aliphatic rings. The van der Waals surface area contributed by atoms with E-state index < -0.39 is 22.9 Å². The molecule has 0 saturated carbocycles. The van der Waals surface area contributed by atoms with Gasteiger partial charge in [-0.15, -0.1) is 11.6 Å². The van der Waals surface area contributed by atoms with Gasteiger partial charge in [-0.3, -0.25) is 0 Å². The highest BCUT2D eigenvalue weighted by Gasteiger charge is 2.40. The maximum Gasteiger partial charge on any atom is 0.337 e. The van der Waals surface area contributed by atoms with Crippen molar-refractivity contribution in [1.82, 2.24) is 0 Å². The normalized spacial score (nSPS) is 20.8. The third kappa shape index (κ3) is 4.51. The van der Waals surface area contributed by atoms with Crippen molar-refractivity contribution in [3.05, 3.63) is 88.1 Å². The molecule has 3 rings (SSSR count).